The van der Waals surface area contributed by atoms with E-state index < -0.39 is 0 Å². The summed E-state index contributed by atoms with van der Waals surface area (Å²) < 4.78 is 2.14. The maximum Gasteiger partial charge on any atom is 0.127 e. The van der Waals surface area contributed by atoms with Gasteiger partial charge in [0.05, 0.1) is 16.7 Å². The normalized spacial score (nSPS) is 12.8. The SMILES string of the molecule is CCCn1ccnc1C(Cc1csc(C)n1)NN. The molecule has 2 aromatic heterocycles. The molecule has 0 aliphatic heterocycles. The largest absolute Gasteiger partial charge is 0.334 e. The second-order valence-corrected chi connectivity index (χ2v) is 5.32. The molecule has 3 N–H and O–H groups in total. The van der Waals surface area contributed by atoms with Crippen LogP contribution in [0.2, 0.25) is 0 Å². The van der Waals surface area contributed by atoms with Gasteiger partial charge in [-0.25, -0.2) is 15.4 Å². The van der Waals surface area contributed by atoms with Crippen LogP contribution >= 0.6 is 11.3 Å². The first-order valence-electron chi connectivity index (χ1n) is 6.12. The molecule has 1 unspecified atom stereocenters. The van der Waals surface area contributed by atoms with Crippen molar-refractivity contribution in [3.05, 3.63) is 34.3 Å². The maximum atomic E-state index is 5.66. The molecule has 1 atom stereocenters. The molecule has 0 radical (unpaired) electrons. The molecule has 0 aromatic carbocycles. The fraction of sp³-hybridized carbons (Fsp3) is 0.500. The molecule has 98 valence electrons. The van der Waals surface area contributed by atoms with Crippen molar-refractivity contribution < 1.29 is 0 Å². The zero-order valence-electron chi connectivity index (χ0n) is 10.8. The second-order valence-electron chi connectivity index (χ2n) is 4.26. The summed E-state index contributed by atoms with van der Waals surface area (Å²) in [6.07, 6.45) is 5.66. The third kappa shape index (κ3) is 2.95. The van der Waals surface area contributed by atoms with Crippen LogP contribution in [-0.4, -0.2) is 14.5 Å². The van der Waals surface area contributed by atoms with Gasteiger partial charge >= 0.3 is 0 Å². The molecule has 2 aromatic rings. The number of imidazole rings is 1. The summed E-state index contributed by atoms with van der Waals surface area (Å²) in [5.74, 6) is 6.63. The van der Waals surface area contributed by atoms with Gasteiger partial charge in [0.2, 0.25) is 0 Å². The summed E-state index contributed by atoms with van der Waals surface area (Å²) in [5, 5.41) is 3.16. The van der Waals surface area contributed by atoms with E-state index in [0.29, 0.717) is 0 Å². The molecule has 0 fully saturated rings. The van der Waals surface area contributed by atoms with E-state index in [2.05, 4.69) is 32.3 Å². The molecule has 2 rings (SSSR count). The quantitative estimate of drug-likeness (QED) is 0.617. The minimum Gasteiger partial charge on any atom is -0.334 e. The summed E-state index contributed by atoms with van der Waals surface area (Å²) in [6, 6.07) is 0.00745. The lowest BCUT2D eigenvalue weighted by Gasteiger charge is -2.16. The maximum absolute atomic E-state index is 5.66. The van der Waals surface area contributed by atoms with Crippen LogP contribution in [0.3, 0.4) is 0 Å². The van der Waals surface area contributed by atoms with Gasteiger partial charge in [-0.2, -0.15) is 0 Å². The Kier molecular flexibility index (Phi) is 4.46. The first-order valence-corrected chi connectivity index (χ1v) is 7.00. The Morgan fingerprint density at radius 3 is 3.00 bits per heavy atom. The lowest BCUT2D eigenvalue weighted by Crippen LogP contribution is -2.32. The molecule has 0 bridgehead atoms. The molecule has 0 aliphatic carbocycles. The monoisotopic (exact) mass is 265 g/mol. The minimum absolute atomic E-state index is 0.00745. The van der Waals surface area contributed by atoms with Crippen molar-refractivity contribution in [3.8, 4) is 0 Å². The highest BCUT2D eigenvalue weighted by molar-refractivity contribution is 7.09. The van der Waals surface area contributed by atoms with E-state index in [0.717, 1.165) is 35.9 Å². The predicted molar refractivity (Wildman–Crippen MR) is 73.1 cm³/mol. The highest BCUT2D eigenvalue weighted by atomic mass is 32.1. The topological polar surface area (TPSA) is 68.8 Å². The van der Waals surface area contributed by atoms with Crippen LogP contribution in [0.4, 0.5) is 0 Å². The van der Waals surface area contributed by atoms with Crippen molar-refractivity contribution in [2.45, 2.75) is 39.3 Å². The second kappa shape index (κ2) is 6.08. The van der Waals surface area contributed by atoms with Crippen molar-refractivity contribution >= 4 is 11.3 Å². The predicted octanol–water partition coefficient (Wildman–Crippen LogP) is 1.81. The van der Waals surface area contributed by atoms with Crippen molar-refractivity contribution in [1.82, 2.24) is 20.0 Å². The molecule has 0 spiro atoms. The molecular formula is C12H19N5S. The smallest absolute Gasteiger partial charge is 0.127 e. The third-order valence-electron chi connectivity index (χ3n) is 2.80. The molecule has 0 saturated carbocycles. The molecule has 0 amide bonds. The van der Waals surface area contributed by atoms with Gasteiger partial charge in [-0.05, 0) is 13.3 Å². The van der Waals surface area contributed by atoms with Crippen LogP contribution in [-0.2, 0) is 13.0 Å². The van der Waals surface area contributed by atoms with Gasteiger partial charge in [0.15, 0.2) is 0 Å². The number of aromatic nitrogens is 3. The van der Waals surface area contributed by atoms with Crippen molar-refractivity contribution in [3.63, 3.8) is 0 Å². The Bertz CT molecular complexity index is 490. The summed E-state index contributed by atoms with van der Waals surface area (Å²) in [6.45, 7) is 5.12. The zero-order valence-corrected chi connectivity index (χ0v) is 11.6. The van der Waals surface area contributed by atoms with E-state index in [1.54, 1.807) is 11.3 Å². The number of thiazole rings is 1. The standard InChI is InChI=1S/C12H19N5S/c1-3-5-17-6-4-14-12(17)11(16-13)7-10-8-18-9(2)15-10/h4,6,8,11,16H,3,5,7,13H2,1-2H3. The summed E-state index contributed by atoms with van der Waals surface area (Å²) >= 11 is 1.66. The molecular weight excluding hydrogens is 246 g/mol. The van der Waals surface area contributed by atoms with E-state index >= 15 is 0 Å². The minimum atomic E-state index is 0.00745. The van der Waals surface area contributed by atoms with Crippen molar-refractivity contribution in [2.24, 2.45) is 5.84 Å². The number of hydrogen-bond acceptors (Lipinski definition) is 5. The van der Waals surface area contributed by atoms with E-state index in [4.69, 9.17) is 5.84 Å². The number of nitrogens with two attached hydrogens (primary N) is 1. The summed E-state index contributed by atoms with van der Waals surface area (Å²) in [5.41, 5.74) is 3.90. The fourth-order valence-electron chi connectivity index (χ4n) is 2.00. The number of aryl methyl sites for hydroxylation is 2. The van der Waals surface area contributed by atoms with Crippen LogP contribution < -0.4 is 11.3 Å². The Balaban J connectivity index is 2.14. The van der Waals surface area contributed by atoms with Gasteiger partial charge in [-0.1, -0.05) is 6.92 Å². The molecule has 2 heterocycles. The number of hydrazine groups is 1. The number of rotatable bonds is 6. The van der Waals surface area contributed by atoms with Crippen molar-refractivity contribution in [1.29, 1.82) is 0 Å². The number of nitrogens with zero attached hydrogens (tertiary/aromatic N) is 3. The first-order chi connectivity index (χ1) is 8.74. The summed E-state index contributed by atoms with van der Waals surface area (Å²) in [4.78, 5) is 8.87. The van der Waals surface area contributed by atoms with Crippen LogP contribution in [0.1, 0.15) is 35.9 Å². The highest BCUT2D eigenvalue weighted by Crippen LogP contribution is 2.18. The van der Waals surface area contributed by atoms with E-state index in [1.165, 1.54) is 0 Å². The van der Waals surface area contributed by atoms with Crippen LogP contribution in [0.15, 0.2) is 17.8 Å². The molecule has 0 aliphatic rings. The van der Waals surface area contributed by atoms with Gasteiger partial charge < -0.3 is 4.57 Å². The highest BCUT2D eigenvalue weighted by Gasteiger charge is 2.17. The Morgan fingerprint density at radius 2 is 2.39 bits per heavy atom. The van der Waals surface area contributed by atoms with Crippen molar-refractivity contribution in [2.75, 3.05) is 0 Å². The Hall–Kier alpha value is -1.24. The molecule has 6 heteroatoms. The van der Waals surface area contributed by atoms with Gasteiger partial charge in [0.1, 0.15) is 5.82 Å². The summed E-state index contributed by atoms with van der Waals surface area (Å²) in [7, 11) is 0. The van der Waals surface area contributed by atoms with Gasteiger partial charge in [0, 0.05) is 30.7 Å². The molecule has 0 saturated heterocycles. The number of nitrogens with one attached hydrogen (secondary N) is 1. The number of hydrogen-bond donors (Lipinski definition) is 2. The van der Waals surface area contributed by atoms with Gasteiger partial charge in [-0.15, -0.1) is 11.3 Å². The van der Waals surface area contributed by atoms with Gasteiger partial charge in [0.25, 0.3) is 0 Å². The van der Waals surface area contributed by atoms with E-state index in [9.17, 15) is 0 Å². The van der Waals surface area contributed by atoms with E-state index in [-0.39, 0.29) is 6.04 Å². The average Bonchev–Trinajstić information content (AvgIpc) is 2.96. The fourth-order valence-corrected chi connectivity index (χ4v) is 2.62. The average molecular weight is 265 g/mol. The Morgan fingerprint density at radius 1 is 1.56 bits per heavy atom. The molecule has 18 heavy (non-hydrogen) atoms. The van der Waals surface area contributed by atoms with Gasteiger partial charge in [-0.3, -0.25) is 5.84 Å². The molecule has 5 nitrogen and oxygen atoms in total. The lowest BCUT2D eigenvalue weighted by atomic mass is 10.1. The van der Waals surface area contributed by atoms with Crippen LogP contribution in [0.5, 0.6) is 0 Å². The Labute approximate surface area is 111 Å². The first kappa shape index (κ1) is 13.2. The zero-order chi connectivity index (χ0) is 13.0. The van der Waals surface area contributed by atoms with Crippen LogP contribution in [0.25, 0.3) is 0 Å². The third-order valence-corrected chi connectivity index (χ3v) is 3.63. The lowest BCUT2D eigenvalue weighted by molar-refractivity contribution is 0.485. The van der Waals surface area contributed by atoms with E-state index in [1.807, 2.05) is 19.3 Å². The van der Waals surface area contributed by atoms with Crippen LogP contribution in [0, 0.1) is 6.92 Å².